The van der Waals surface area contributed by atoms with E-state index in [0.717, 1.165) is 44.7 Å². The predicted molar refractivity (Wildman–Crippen MR) is 88.1 cm³/mol. The van der Waals surface area contributed by atoms with Gasteiger partial charge in [0.2, 0.25) is 11.8 Å². The molecule has 0 aromatic heterocycles. The molecule has 0 unspecified atom stereocenters. The van der Waals surface area contributed by atoms with Crippen molar-refractivity contribution in [3.8, 4) is 0 Å². The average molecular weight is 298 g/mol. The van der Waals surface area contributed by atoms with E-state index in [2.05, 4.69) is 31.4 Å². The van der Waals surface area contributed by atoms with Crippen molar-refractivity contribution in [2.24, 2.45) is 5.92 Å². The minimum absolute atomic E-state index is 0.0125. The van der Waals surface area contributed by atoms with E-state index in [4.69, 9.17) is 0 Å². The second-order valence-corrected chi connectivity index (χ2v) is 6.15. The van der Waals surface area contributed by atoms with Crippen LogP contribution in [-0.2, 0) is 9.59 Å². The largest absolute Gasteiger partial charge is 0.356 e. The third-order valence-electron chi connectivity index (χ3n) is 3.46. The molecule has 4 nitrogen and oxygen atoms in total. The Labute approximate surface area is 130 Å². The third-order valence-corrected chi connectivity index (χ3v) is 3.46. The number of amides is 2. The van der Waals surface area contributed by atoms with Gasteiger partial charge in [0.15, 0.2) is 0 Å². The molecule has 0 aromatic rings. The van der Waals surface area contributed by atoms with E-state index in [1.807, 2.05) is 0 Å². The fourth-order valence-corrected chi connectivity index (χ4v) is 2.09. The Morgan fingerprint density at radius 2 is 1.33 bits per heavy atom. The van der Waals surface area contributed by atoms with Crippen LogP contribution in [0.15, 0.2) is 0 Å². The van der Waals surface area contributed by atoms with Crippen molar-refractivity contribution in [2.75, 3.05) is 13.1 Å². The summed E-state index contributed by atoms with van der Waals surface area (Å²) in [7, 11) is 0. The van der Waals surface area contributed by atoms with E-state index >= 15 is 0 Å². The highest BCUT2D eigenvalue weighted by Crippen LogP contribution is 2.05. The zero-order valence-electron chi connectivity index (χ0n) is 14.2. The lowest BCUT2D eigenvalue weighted by molar-refractivity contribution is -0.126. The first-order chi connectivity index (χ1) is 10.1. The van der Waals surface area contributed by atoms with Crippen molar-refractivity contribution in [1.82, 2.24) is 10.6 Å². The van der Waals surface area contributed by atoms with Gasteiger partial charge >= 0.3 is 0 Å². The Bertz CT molecular complexity index is 278. The Kier molecular flexibility index (Phi) is 13.2. The van der Waals surface area contributed by atoms with Crippen molar-refractivity contribution in [1.29, 1.82) is 0 Å². The molecule has 0 saturated carbocycles. The van der Waals surface area contributed by atoms with Crippen LogP contribution in [-0.4, -0.2) is 24.9 Å². The monoisotopic (exact) mass is 298 g/mol. The van der Waals surface area contributed by atoms with Crippen LogP contribution >= 0.6 is 0 Å². The van der Waals surface area contributed by atoms with Gasteiger partial charge in [-0.05, 0) is 18.8 Å². The molecule has 0 bridgehead atoms. The van der Waals surface area contributed by atoms with E-state index in [-0.39, 0.29) is 11.8 Å². The van der Waals surface area contributed by atoms with E-state index in [0.29, 0.717) is 12.8 Å². The second-order valence-electron chi connectivity index (χ2n) is 6.15. The highest BCUT2D eigenvalue weighted by atomic mass is 16.2. The van der Waals surface area contributed by atoms with E-state index in [9.17, 15) is 9.59 Å². The first-order valence-electron chi connectivity index (χ1n) is 8.59. The number of hydrogen-bond acceptors (Lipinski definition) is 2. The van der Waals surface area contributed by atoms with Crippen LogP contribution in [0.2, 0.25) is 0 Å². The quantitative estimate of drug-likeness (QED) is 0.512. The molecule has 0 aliphatic carbocycles. The Morgan fingerprint density at radius 1 is 0.810 bits per heavy atom. The summed E-state index contributed by atoms with van der Waals surface area (Å²) in [6, 6.07) is 0. The van der Waals surface area contributed by atoms with Gasteiger partial charge in [0.1, 0.15) is 0 Å². The summed E-state index contributed by atoms with van der Waals surface area (Å²) < 4.78 is 0. The molecular weight excluding hydrogens is 264 g/mol. The molecule has 2 N–H and O–H groups in total. The van der Waals surface area contributed by atoms with Crippen LogP contribution in [0.3, 0.4) is 0 Å². The zero-order chi connectivity index (χ0) is 15.9. The second kappa shape index (κ2) is 13.9. The molecule has 0 aromatic carbocycles. The molecule has 4 heteroatoms. The van der Waals surface area contributed by atoms with Gasteiger partial charge in [-0.2, -0.15) is 0 Å². The molecular formula is C17H34N2O2. The number of unbranched alkanes of at least 4 members (excludes halogenated alkanes) is 4. The number of hydrogen-bond donors (Lipinski definition) is 2. The minimum Gasteiger partial charge on any atom is -0.356 e. The van der Waals surface area contributed by atoms with Gasteiger partial charge in [-0.3, -0.25) is 9.59 Å². The average Bonchev–Trinajstić information content (AvgIpc) is 2.44. The number of rotatable bonds is 13. The van der Waals surface area contributed by atoms with Crippen molar-refractivity contribution in [3.05, 3.63) is 0 Å². The molecule has 0 saturated heterocycles. The predicted octanol–water partition coefficient (Wildman–Crippen LogP) is 3.41. The fraction of sp³-hybridized carbons (Fsp3) is 0.882. The number of carbonyl (C=O) groups excluding carboxylic acids is 2. The van der Waals surface area contributed by atoms with Gasteiger partial charge in [-0.15, -0.1) is 0 Å². The lowest BCUT2D eigenvalue weighted by Crippen LogP contribution is -2.28. The lowest BCUT2D eigenvalue weighted by Gasteiger charge is -2.07. The van der Waals surface area contributed by atoms with Crippen molar-refractivity contribution >= 4 is 11.8 Å². The highest BCUT2D eigenvalue weighted by Gasteiger charge is 2.06. The molecule has 0 radical (unpaired) electrons. The van der Waals surface area contributed by atoms with Gasteiger partial charge in [0.05, 0.1) is 0 Å². The molecule has 0 aliphatic heterocycles. The molecule has 0 atom stereocenters. The lowest BCUT2D eigenvalue weighted by atomic mass is 10.1. The molecule has 0 rings (SSSR count). The summed E-state index contributed by atoms with van der Waals surface area (Å²) in [5, 5.41) is 5.74. The van der Waals surface area contributed by atoms with Crippen LogP contribution in [0, 0.1) is 5.92 Å². The maximum absolute atomic E-state index is 11.6. The van der Waals surface area contributed by atoms with E-state index < -0.39 is 0 Å². The topological polar surface area (TPSA) is 58.2 Å². The maximum atomic E-state index is 11.6. The summed E-state index contributed by atoms with van der Waals surface area (Å²) in [6.07, 6.45) is 8.58. The summed E-state index contributed by atoms with van der Waals surface area (Å²) in [5.74, 6) is 0.698. The van der Waals surface area contributed by atoms with Crippen LogP contribution in [0.1, 0.15) is 78.6 Å². The Morgan fingerprint density at radius 3 is 1.81 bits per heavy atom. The van der Waals surface area contributed by atoms with Crippen LogP contribution in [0.5, 0.6) is 0 Å². The molecule has 0 fully saturated rings. The summed E-state index contributed by atoms with van der Waals surface area (Å²) >= 11 is 0. The normalized spacial score (nSPS) is 10.7. The summed E-state index contributed by atoms with van der Waals surface area (Å²) in [5.41, 5.74) is 0. The summed E-state index contributed by atoms with van der Waals surface area (Å²) in [4.78, 5) is 23.1. The zero-order valence-corrected chi connectivity index (χ0v) is 14.2. The van der Waals surface area contributed by atoms with Crippen LogP contribution in [0.25, 0.3) is 0 Å². The molecule has 0 aliphatic rings. The standard InChI is InChI=1S/C17H34N2O2/c1-4-5-6-8-13-18-16(20)11-12-17(21)19-14-9-7-10-15(2)3/h15H,4-14H2,1-3H3,(H,18,20)(H,19,21). The van der Waals surface area contributed by atoms with E-state index in [1.54, 1.807) is 0 Å². The molecule has 0 spiro atoms. The molecule has 0 heterocycles. The first-order valence-corrected chi connectivity index (χ1v) is 8.59. The van der Waals surface area contributed by atoms with Crippen LogP contribution in [0.4, 0.5) is 0 Å². The van der Waals surface area contributed by atoms with Gasteiger partial charge in [-0.25, -0.2) is 0 Å². The summed E-state index contributed by atoms with van der Waals surface area (Å²) in [6.45, 7) is 8.04. The van der Waals surface area contributed by atoms with E-state index in [1.165, 1.54) is 19.3 Å². The van der Waals surface area contributed by atoms with Gasteiger partial charge in [0.25, 0.3) is 0 Å². The fourth-order valence-electron chi connectivity index (χ4n) is 2.09. The highest BCUT2D eigenvalue weighted by molar-refractivity contribution is 5.83. The van der Waals surface area contributed by atoms with Crippen molar-refractivity contribution < 1.29 is 9.59 Å². The number of carbonyl (C=O) groups is 2. The smallest absolute Gasteiger partial charge is 0.220 e. The van der Waals surface area contributed by atoms with Crippen molar-refractivity contribution in [3.63, 3.8) is 0 Å². The minimum atomic E-state index is -0.0133. The molecule has 124 valence electrons. The first kappa shape index (κ1) is 19.9. The Hall–Kier alpha value is -1.06. The van der Waals surface area contributed by atoms with Gasteiger partial charge in [0, 0.05) is 25.9 Å². The third kappa shape index (κ3) is 15.2. The number of nitrogens with one attached hydrogen (secondary N) is 2. The Balaban J connectivity index is 3.40. The van der Waals surface area contributed by atoms with Gasteiger partial charge < -0.3 is 10.6 Å². The SMILES string of the molecule is CCCCCCNC(=O)CCC(=O)NCCCCC(C)C. The molecule has 2 amide bonds. The van der Waals surface area contributed by atoms with Gasteiger partial charge in [-0.1, -0.05) is 52.9 Å². The van der Waals surface area contributed by atoms with Crippen molar-refractivity contribution in [2.45, 2.75) is 78.6 Å². The molecule has 21 heavy (non-hydrogen) atoms. The van der Waals surface area contributed by atoms with Crippen LogP contribution < -0.4 is 10.6 Å². The maximum Gasteiger partial charge on any atom is 0.220 e.